The van der Waals surface area contributed by atoms with Gasteiger partial charge in [-0.05, 0) is 26.0 Å². The summed E-state index contributed by atoms with van der Waals surface area (Å²) >= 11 is 0. The molecule has 142 valence electrons. The number of rotatable bonds is 13. The molecule has 0 amide bonds. The van der Waals surface area contributed by atoms with Gasteiger partial charge in [0.05, 0.1) is 18.8 Å². The molecule has 0 N–H and O–H groups in total. The minimum Gasteiger partial charge on any atom is -0.467 e. The Kier molecular flexibility index (Phi) is 9.70. The van der Waals surface area contributed by atoms with Crippen LogP contribution in [0.3, 0.4) is 0 Å². The van der Waals surface area contributed by atoms with E-state index in [9.17, 15) is 9.36 Å². The third kappa shape index (κ3) is 7.13. The number of carbonyl (C=O) groups is 1. The van der Waals surface area contributed by atoms with Gasteiger partial charge in [0.25, 0.3) is 0 Å². The van der Waals surface area contributed by atoms with Crippen LogP contribution >= 0.6 is 7.60 Å². The number of ketones is 1. The second kappa shape index (κ2) is 11.2. The maximum atomic E-state index is 12.6. The third-order valence-corrected chi connectivity index (χ3v) is 4.90. The van der Waals surface area contributed by atoms with Crippen molar-refractivity contribution in [3.05, 3.63) is 23.8 Å². The maximum absolute atomic E-state index is 12.6. The lowest BCUT2D eigenvalue weighted by Gasteiger charge is -2.17. The molecule has 1 aromatic carbocycles. The molecule has 0 aromatic heterocycles. The third-order valence-electron chi connectivity index (χ3n) is 2.92. The number of benzene rings is 1. The van der Waals surface area contributed by atoms with Crippen molar-refractivity contribution < 1.29 is 37.4 Å². The predicted octanol–water partition coefficient (Wildman–Crippen LogP) is 3.10. The molecule has 0 unspecified atom stereocenters. The molecule has 0 aliphatic rings. The van der Waals surface area contributed by atoms with Crippen molar-refractivity contribution in [3.63, 3.8) is 0 Å². The van der Waals surface area contributed by atoms with Gasteiger partial charge in [-0.25, -0.2) is 0 Å². The molecule has 0 spiro atoms. The van der Waals surface area contributed by atoms with Gasteiger partial charge in [-0.2, -0.15) is 0 Å². The van der Waals surface area contributed by atoms with Gasteiger partial charge in [0.15, 0.2) is 19.4 Å². The van der Waals surface area contributed by atoms with E-state index >= 15 is 0 Å². The summed E-state index contributed by atoms with van der Waals surface area (Å²) < 4.78 is 43.4. The van der Waals surface area contributed by atoms with Gasteiger partial charge in [-0.15, -0.1) is 0 Å². The molecule has 0 fully saturated rings. The van der Waals surface area contributed by atoms with Crippen LogP contribution in [0, 0.1) is 0 Å². The summed E-state index contributed by atoms with van der Waals surface area (Å²) in [6, 6.07) is 4.66. The number of Topliss-reactive ketones (excluding diaryl/α,β-unsaturated/α-hetero) is 1. The zero-order valence-corrected chi connectivity index (χ0v) is 15.9. The number of hydrogen-bond donors (Lipinski definition) is 0. The first-order chi connectivity index (χ1) is 12.0. The lowest BCUT2D eigenvalue weighted by Crippen LogP contribution is -2.13. The van der Waals surface area contributed by atoms with Gasteiger partial charge >= 0.3 is 7.60 Å². The summed E-state index contributed by atoms with van der Waals surface area (Å²) in [6.45, 7) is 3.74. The largest absolute Gasteiger partial charge is 0.467 e. The highest BCUT2D eigenvalue weighted by Gasteiger charge is 2.29. The molecular formula is C16H25O8P. The number of carbonyl (C=O) groups excluding carboxylic acids is 1. The van der Waals surface area contributed by atoms with E-state index in [4.69, 9.17) is 28.0 Å². The molecular weight excluding hydrogens is 351 g/mol. The molecule has 0 saturated carbocycles. The monoisotopic (exact) mass is 376 g/mol. The van der Waals surface area contributed by atoms with Gasteiger partial charge < -0.3 is 28.0 Å². The Bertz CT molecular complexity index is 579. The number of methoxy groups -OCH3 is 2. The predicted molar refractivity (Wildman–Crippen MR) is 91.5 cm³/mol. The molecule has 0 radical (unpaired) electrons. The van der Waals surface area contributed by atoms with Gasteiger partial charge in [0.1, 0.15) is 17.7 Å². The van der Waals surface area contributed by atoms with Crippen LogP contribution in [0.5, 0.6) is 11.5 Å². The summed E-state index contributed by atoms with van der Waals surface area (Å²) in [5.41, 5.74) is 0.237. The molecule has 8 nitrogen and oxygen atoms in total. The molecule has 1 rings (SSSR count). The Balaban J connectivity index is 3.03. The van der Waals surface area contributed by atoms with Crippen LogP contribution < -0.4 is 9.47 Å². The summed E-state index contributed by atoms with van der Waals surface area (Å²) in [6.07, 6.45) is -0.379. The highest BCUT2D eigenvalue weighted by atomic mass is 31.2. The van der Waals surface area contributed by atoms with Crippen LogP contribution in [0.15, 0.2) is 18.2 Å². The van der Waals surface area contributed by atoms with Crippen molar-refractivity contribution >= 4 is 13.4 Å². The van der Waals surface area contributed by atoms with E-state index in [-0.39, 0.29) is 44.3 Å². The van der Waals surface area contributed by atoms with Crippen molar-refractivity contribution in [1.29, 1.82) is 0 Å². The van der Waals surface area contributed by atoms with Gasteiger partial charge in [-0.1, -0.05) is 0 Å². The summed E-state index contributed by atoms with van der Waals surface area (Å²) in [7, 11) is -0.541. The Morgan fingerprint density at radius 3 is 2.16 bits per heavy atom. The number of hydrogen-bond acceptors (Lipinski definition) is 8. The number of ether oxygens (including phenoxy) is 4. The van der Waals surface area contributed by atoms with Crippen LogP contribution in [0.1, 0.15) is 24.2 Å². The van der Waals surface area contributed by atoms with Crippen molar-refractivity contribution in [2.75, 3.05) is 47.2 Å². The van der Waals surface area contributed by atoms with Crippen LogP contribution in [0.4, 0.5) is 0 Å². The summed E-state index contributed by atoms with van der Waals surface area (Å²) in [5, 5.41) is 0. The lowest BCUT2D eigenvalue weighted by molar-refractivity contribution is 0.0456. The molecule has 0 aliphatic carbocycles. The zero-order valence-electron chi connectivity index (χ0n) is 15.0. The Hall–Kier alpha value is -1.44. The smallest absolute Gasteiger partial charge is 0.338 e. The zero-order chi connectivity index (χ0) is 18.7. The Morgan fingerprint density at radius 2 is 1.60 bits per heavy atom. The minimum atomic E-state index is -3.50. The second-order valence-electron chi connectivity index (χ2n) is 4.79. The van der Waals surface area contributed by atoms with Crippen molar-refractivity contribution in [3.8, 4) is 11.5 Å². The highest BCUT2D eigenvalue weighted by Crippen LogP contribution is 2.48. The van der Waals surface area contributed by atoms with E-state index in [1.165, 1.54) is 26.4 Å². The SMILES string of the molecule is CCOP(=O)(CC(=O)c1ccc(OCOC)cc1OCOC)OCC. The van der Waals surface area contributed by atoms with Gasteiger partial charge in [0, 0.05) is 20.3 Å². The van der Waals surface area contributed by atoms with Gasteiger partial charge in [0.2, 0.25) is 0 Å². The second-order valence-corrected chi connectivity index (χ2v) is 6.84. The van der Waals surface area contributed by atoms with E-state index in [1.807, 2.05) is 0 Å². The van der Waals surface area contributed by atoms with Crippen LogP contribution in [-0.2, 0) is 23.1 Å². The van der Waals surface area contributed by atoms with Crippen LogP contribution in [0.2, 0.25) is 0 Å². The standard InChI is InChI=1S/C16H25O8P/c1-5-23-25(18,24-6-2)10-15(17)14-8-7-13(21-11-19-3)9-16(14)22-12-20-4/h7-9H,5-6,10-12H2,1-4H3. The first kappa shape index (κ1) is 21.6. The van der Waals surface area contributed by atoms with E-state index in [0.717, 1.165) is 0 Å². The van der Waals surface area contributed by atoms with Crippen LogP contribution in [-0.4, -0.2) is 53.0 Å². The van der Waals surface area contributed by atoms with Crippen molar-refractivity contribution in [2.24, 2.45) is 0 Å². The normalized spacial score (nSPS) is 11.4. The summed E-state index contributed by atoms with van der Waals surface area (Å²) in [5.74, 6) is 0.289. The fraction of sp³-hybridized carbons (Fsp3) is 0.562. The van der Waals surface area contributed by atoms with Gasteiger partial charge in [-0.3, -0.25) is 9.36 Å². The highest BCUT2D eigenvalue weighted by molar-refractivity contribution is 7.54. The molecule has 25 heavy (non-hydrogen) atoms. The first-order valence-electron chi connectivity index (χ1n) is 7.78. The first-order valence-corrected chi connectivity index (χ1v) is 9.51. The lowest BCUT2D eigenvalue weighted by atomic mass is 10.1. The Labute approximate surface area is 147 Å². The average Bonchev–Trinajstić information content (AvgIpc) is 2.58. The summed E-state index contributed by atoms with van der Waals surface area (Å²) in [4.78, 5) is 12.6. The molecule has 0 aliphatic heterocycles. The van der Waals surface area contributed by atoms with E-state index < -0.39 is 13.4 Å². The molecule has 0 saturated heterocycles. The fourth-order valence-electron chi connectivity index (χ4n) is 1.97. The topological polar surface area (TPSA) is 89.5 Å². The molecule has 1 aromatic rings. The quantitative estimate of drug-likeness (QED) is 0.295. The molecule has 9 heteroatoms. The van der Waals surface area contributed by atoms with E-state index in [1.54, 1.807) is 19.9 Å². The van der Waals surface area contributed by atoms with Crippen LogP contribution in [0.25, 0.3) is 0 Å². The Morgan fingerprint density at radius 1 is 1.00 bits per heavy atom. The average molecular weight is 376 g/mol. The molecule has 0 heterocycles. The molecule has 0 atom stereocenters. The van der Waals surface area contributed by atoms with E-state index in [2.05, 4.69) is 0 Å². The van der Waals surface area contributed by atoms with E-state index in [0.29, 0.717) is 5.75 Å². The maximum Gasteiger partial charge on any atom is 0.338 e. The van der Waals surface area contributed by atoms with Crippen molar-refractivity contribution in [2.45, 2.75) is 13.8 Å². The van der Waals surface area contributed by atoms with Crippen molar-refractivity contribution in [1.82, 2.24) is 0 Å². The fourth-order valence-corrected chi connectivity index (χ4v) is 3.54. The minimum absolute atomic E-state index is 0.0530. The molecule has 0 bridgehead atoms.